The molecule has 6 heteroatoms. The molecule has 1 aromatic carbocycles. The van der Waals surface area contributed by atoms with Gasteiger partial charge in [0, 0.05) is 17.3 Å². The van der Waals surface area contributed by atoms with Crippen LogP contribution in [-0.4, -0.2) is 24.2 Å². The molecule has 0 fully saturated rings. The molecule has 2 heterocycles. The number of halogens is 1. The molecule has 0 radical (unpaired) electrons. The van der Waals surface area contributed by atoms with Crippen LogP contribution in [0.3, 0.4) is 0 Å². The van der Waals surface area contributed by atoms with Crippen LogP contribution >= 0.6 is 15.9 Å². The summed E-state index contributed by atoms with van der Waals surface area (Å²) >= 11 is 3.59. The minimum atomic E-state index is -0.0131. The lowest BCUT2D eigenvalue weighted by Gasteiger charge is -2.22. The first-order valence-electron chi connectivity index (χ1n) is 6.23. The summed E-state index contributed by atoms with van der Waals surface area (Å²) in [5.41, 5.74) is 9.82. The van der Waals surface area contributed by atoms with Gasteiger partial charge in [0.2, 0.25) is 5.90 Å². The number of hydrogen-bond acceptors (Lipinski definition) is 5. The van der Waals surface area contributed by atoms with Gasteiger partial charge >= 0.3 is 0 Å². The Morgan fingerprint density at radius 2 is 2.25 bits per heavy atom. The molecule has 0 spiro atoms. The summed E-state index contributed by atoms with van der Waals surface area (Å²) in [7, 11) is 1.60. The molecule has 104 valence electrons. The first kappa shape index (κ1) is 13.1. The zero-order chi connectivity index (χ0) is 14.3. The van der Waals surface area contributed by atoms with E-state index in [-0.39, 0.29) is 6.17 Å². The highest BCUT2D eigenvalue weighted by Crippen LogP contribution is 2.34. The average molecular weight is 335 g/mol. The van der Waals surface area contributed by atoms with E-state index < -0.39 is 0 Å². The predicted octanol–water partition coefficient (Wildman–Crippen LogP) is 2.36. The Labute approximate surface area is 125 Å². The highest BCUT2D eigenvalue weighted by molar-refractivity contribution is 9.11. The summed E-state index contributed by atoms with van der Waals surface area (Å²) in [6, 6.07) is 6.01. The summed E-state index contributed by atoms with van der Waals surface area (Å²) in [5, 5.41) is 9.64. The first-order valence-corrected chi connectivity index (χ1v) is 7.02. The lowest BCUT2D eigenvalue weighted by molar-refractivity contribution is 0.304. The van der Waals surface area contributed by atoms with Crippen molar-refractivity contribution in [3.63, 3.8) is 0 Å². The molecule has 2 aliphatic heterocycles. The van der Waals surface area contributed by atoms with Crippen molar-refractivity contribution in [2.45, 2.75) is 13.1 Å². The van der Waals surface area contributed by atoms with Gasteiger partial charge in [0.15, 0.2) is 0 Å². The Bertz CT molecular complexity index is 651. The Kier molecular flexibility index (Phi) is 3.17. The topological polar surface area (TPSA) is 62.9 Å². The second-order valence-corrected chi connectivity index (χ2v) is 5.42. The monoisotopic (exact) mass is 334 g/mol. The fourth-order valence-corrected chi connectivity index (χ4v) is 2.80. The molecule has 3 N–H and O–H groups in total. The van der Waals surface area contributed by atoms with Crippen LogP contribution in [0.15, 0.2) is 40.1 Å². The third-order valence-corrected chi connectivity index (χ3v) is 4.13. The predicted molar refractivity (Wildman–Crippen MR) is 83.8 cm³/mol. The SMILES string of the molecule is COC1=NN2C(Br)=C(c3ccc(C)c(N)c3)NC2C=C1. The van der Waals surface area contributed by atoms with E-state index in [1.165, 1.54) is 0 Å². The lowest BCUT2D eigenvalue weighted by atomic mass is 10.1. The van der Waals surface area contributed by atoms with Crippen molar-refractivity contribution in [3.05, 3.63) is 46.1 Å². The number of nitrogens with one attached hydrogen (secondary N) is 1. The standard InChI is InChI=1S/C14H15BrN4O/c1-8-3-4-9(7-10(8)16)13-14(15)19-11(17-13)5-6-12(18-19)20-2/h3-7,11,17H,16H2,1-2H3. The van der Waals surface area contributed by atoms with Crippen molar-refractivity contribution in [1.29, 1.82) is 0 Å². The van der Waals surface area contributed by atoms with E-state index in [0.717, 1.165) is 27.1 Å². The van der Waals surface area contributed by atoms with E-state index in [0.29, 0.717) is 5.90 Å². The summed E-state index contributed by atoms with van der Waals surface area (Å²) in [4.78, 5) is 0. The number of nitrogens with two attached hydrogens (primary N) is 1. The molecule has 0 aliphatic carbocycles. The molecule has 0 bridgehead atoms. The second kappa shape index (κ2) is 4.86. The van der Waals surface area contributed by atoms with Crippen LogP contribution in [0.2, 0.25) is 0 Å². The first-order chi connectivity index (χ1) is 9.60. The number of hydrazone groups is 1. The number of benzene rings is 1. The van der Waals surface area contributed by atoms with Gasteiger partial charge in [-0.2, -0.15) is 0 Å². The lowest BCUT2D eigenvalue weighted by Crippen LogP contribution is -2.34. The zero-order valence-electron chi connectivity index (χ0n) is 11.2. The molecule has 1 aromatic rings. The van der Waals surface area contributed by atoms with Crippen LogP contribution in [0.4, 0.5) is 5.69 Å². The molecule has 0 amide bonds. The summed E-state index contributed by atoms with van der Waals surface area (Å²) < 4.78 is 6.02. The molecular formula is C14H15BrN4O. The normalized spacial score (nSPS) is 20.6. The van der Waals surface area contributed by atoms with Gasteiger partial charge in [0.25, 0.3) is 0 Å². The molecule has 0 saturated heterocycles. The van der Waals surface area contributed by atoms with Crippen LogP contribution in [-0.2, 0) is 4.74 Å². The number of aryl methyl sites for hydroxylation is 1. The van der Waals surface area contributed by atoms with E-state index >= 15 is 0 Å². The fourth-order valence-electron chi connectivity index (χ4n) is 2.16. The van der Waals surface area contributed by atoms with Gasteiger partial charge < -0.3 is 15.8 Å². The molecule has 5 nitrogen and oxygen atoms in total. The van der Waals surface area contributed by atoms with Crippen molar-refractivity contribution in [2.24, 2.45) is 5.10 Å². The van der Waals surface area contributed by atoms with E-state index in [1.54, 1.807) is 7.11 Å². The number of nitrogens with zero attached hydrogens (tertiary/aromatic N) is 2. The molecule has 2 aliphatic rings. The minimum Gasteiger partial charge on any atom is -0.480 e. The summed E-state index contributed by atoms with van der Waals surface area (Å²) in [6.07, 6.45) is 3.83. The van der Waals surface area contributed by atoms with E-state index in [2.05, 4.69) is 26.3 Å². The quantitative estimate of drug-likeness (QED) is 0.611. The Morgan fingerprint density at radius 3 is 2.95 bits per heavy atom. The smallest absolute Gasteiger partial charge is 0.230 e. The summed E-state index contributed by atoms with van der Waals surface area (Å²) in [6.45, 7) is 1.99. The minimum absolute atomic E-state index is 0.0131. The highest BCUT2D eigenvalue weighted by Gasteiger charge is 2.31. The van der Waals surface area contributed by atoms with Gasteiger partial charge in [-0.05, 0) is 40.6 Å². The van der Waals surface area contributed by atoms with E-state index in [4.69, 9.17) is 10.5 Å². The molecule has 3 rings (SSSR count). The Balaban J connectivity index is 1.99. The van der Waals surface area contributed by atoms with Crippen molar-refractivity contribution in [3.8, 4) is 0 Å². The van der Waals surface area contributed by atoms with E-state index in [9.17, 15) is 0 Å². The number of anilines is 1. The van der Waals surface area contributed by atoms with Gasteiger partial charge in [-0.3, -0.25) is 0 Å². The van der Waals surface area contributed by atoms with Gasteiger partial charge in [0.1, 0.15) is 10.8 Å². The molecule has 1 atom stereocenters. The maximum absolute atomic E-state index is 5.98. The third kappa shape index (κ3) is 2.06. The molecule has 0 saturated carbocycles. The van der Waals surface area contributed by atoms with Crippen molar-refractivity contribution >= 4 is 33.2 Å². The van der Waals surface area contributed by atoms with Gasteiger partial charge in [-0.15, -0.1) is 5.10 Å². The van der Waals surface area contributed by atoms with E-state index in [1.807, 2.05) is 42.3 Å². The van der Waals surface area contributed by atoms with Crippen LogP contribution in [0.25, 0.3) is 5.70 Å². The fraction of sp³-hybridized carbons (Fsp3) is 0.214. The van der Waals surface area contributed by atoms with Crippen molar-refractivity contribution in [2.75, 3.05) is 12.8 Å². The largest absolute Gasteiger partial charge is 0.480 e. The zero-order valence-corrected chi connectivity index (χ0v) is 12.8. The Morgan fingerprint density at radius 1 is 1.45 bits per heavy atom. The number of fused-ring (bicyclic) bond motifs is 1. The highest BCUT2D eigenvalue weighted by atomic mass is 79.9. The van der Waals surface area contributed by atoms with Crippen LogP contribution in [0.1, 0.15) is 11.1 Å². The van der Waals surface area contributed by atoms with Crippen molar-refractivity contribution in [1.82, 2.24) is 10.3 Å². The molecule has 1 unspecified atom stereocenters. The number of nitrogen functional groups attached to an aromatic ring is 1. The maximum atomic E-state index is 5.98. The Hall–Kier alpha value is -1.95. The van der Waals surface area contributed by atoms with Crippen LogP contribution in [0.5, 0.6) is 0 Å². The number of hydrogen-bond donors (Lipinski definition) is 2. The molecule has 20 heavy (non-hydrogen) atoms. The maximum Gasteiger partial charge on any atom is 0.230 e. The molecule has 0 aromatic heterocycles. The molecular weight excluding hydrogens is 320 g/mol. The third-order valence-electron chi connectivity index (χ3n) is 3.37. The average Bonchev–Trinajstić information content (AvgIpc) is 2.79. The number of methoxy groups -OCH3 is 1. The van der Waals surface area contributed by atoms with Crippen molar-refractivity contribution < 1.29 is 4.74 Å². The van der Waals surface area contributed by atoms with Gasteiger partial charge in [-0.1, -0.05) is 12.1 Å². The number of ether oxygens (including phenoxy) is 1. The summed E-state index contributed by atoms with van der Waals surface area (Å²) in [5.74, 6) is 0.574. The van der Waals surface area contributed by atoms with Crippen LogP contribution in [0, 0.1) is 6.92 Å². The van der Waals surface area contributed by atoms with Crippen LogP contribution < -0.4 is 11.1 Å². The van der Waals surface area contributed by atoms with Gasteiger partial charge in [0.05, 0.1) is 12.8 Å². The second-order valence-electron chi connectivity index (χ2n) is 4.67. The van der Waals surface area contributed by atoms with Gasteiger partial charge in [-0.25, -0.2) is 5.01 Å². The number of rotatable bonds is 1.